The lowest BCUT2D eigenvalue weighted by Crippen LogP contribution is -2.35. The van der Waals surface area contributed by atoms with Gasteiger partial charge in [-0.2, -0.15) is 0 Å². The third kappa shape index (κ3) is 4.31. The summed E-state index contributed by atoms with van der Waals surface area (Å²) in [6.07, 6.45) is -0.130. The van der Waals surface area contributed by atoms with E-state index in [1.165, 1.54) is 0 Å². The molecule has 12 heavy (non-hydrogen) atoms. The van der Waals surface area contributed by atoms with E-state index < -0.39 is 11.8 Å². The van der Waals surface area contributed by atoms with Gasteiger partial charge < -0.3 is 14.6 Å². The summed E-state index contributed by atoms with van der Waals surface area (Å²) in [6.45, 7) is 6.14. The number of ether oxygens (including phenoxy) is 2. The van der Waals surface area contributed by atoms with Crippen molar-refractivity contribution in [3.05, 3.63) is 0 Å². The summed E-state index contributed by atoms with van der Waals surface area (Å²) in [5, 5.41) is 8.54. The molecule has 0 fully saturated rings. The SMILES string of the molecule is CCOC(C)(CC(=O)O)OCC. The van der Waals surface area contributed by atoms with Crippen LogP contribution in [0.2, 0.25) is 0 Å². The Balaban J connectivity index is 4.07. The highest BCUT2D eigenvalue weighted by atomic mass is 16.7. The first-order valence-electron chi connectivity index (χ1n) is 4.03. The molecule has 0 rings (SSSR count). The summed E-state index contributed by atoms with van der Waals surface area (Å²) in [4.78, 5) is 10.4. The standard InChI is InChI=1S/C8H16O4/c1-4-11-8(3,12-5-2)6-7(9)10/h4-6H2,1-3H3,(H,9,10). The summed E-state index contributed by atoms with van der Waals surface area (Å²) >= 11 is 0. The Morgan fingerprint density at radius 3 is 2.00 bits per heavy atom. The molecular formula is C8H16O4. The van der Waals surface area contributed by atoms with Gasteiger partial charge in [0.1, 0.15) is 0 Å². The van der Waals surface area contributed by atoms with Gasteiger partial charge in [0.2, 0.25) is 0 Å². The lowest BCUT2D eigenvalue weighted by molar-refractivity contribution is -0.226. The minimum Gasteiger partial charge on any atom is -0.481 e. The molecule has 1 N–H and O–H groups in total. The van der Waals surface area contributed by atoms with Crippen LogP contribution in [0, 0.1) is 0 Å². The predicted molar refractivity (Wildman–Crippen MR) is 43.9 cm³/mol. The van der Waals surface area contributed by atoms with Crippen molar-refractivity contribution in [1.82, 2.24) is 0 Å². The maximum absolute atomic E-state index is 10.4. The van der Waals surface area contributed by atoms with Crippen LogP contribution in [0.1, 0.15) is 27.2 Å². The summed E-state index contributed by atoms with van der Waals surface area (Å²) in [6, 6.07) is 0. The molecule has 0 radical (unpaired) electrons. The van der Waals surface area contributed by atoms with Crippen molar-refractivity contribution >= 4 is 5.97 Å². The van der Waals surface area contributed by atoms with Gasteiger partial charge in [0.05, 0.1) is 6.42 Å². The van der Waals surface area contributed by atoms with Crippen LogP contribution >= 0.6 is 0 Å². The van der Waals surface area contributed by atoms with Gasteiger partial charge in [-0.1, -0.05) is 0 Å². The molecule has 0 aliphatic heterocycles. The van der Waals surface area contributed by atoms with E-state index in [-0.39, 0.29) is 6.42 Å². The van der Waals surface area contributed by atoms with E-state index in [4.69, 9.17) is 14.6 Å². The van der Waals surface area contributed by atoms with Gasteiger partial charge in [0, 0.05) is 13.2 Å². The van der Waals surface area contributed by atoms with Crippen molar-refractivity contribution in [3.8, 4) is 0 Å². The fourth-order valence-electron chi connectivity index (χ4n) is 1.03. The largest absolute Gasteiger partial charge is 0.481 e. The van der Waals surface area contributed by atoms with Gasteiger partial charge in [0.15, 0.2) is 5.79 Å². The van der Waals surface area contributed by atoms with E-state index in [0.717, 1.165) is 0 Å². The second kappa shape index (κ2) is 5.11. The third-order valence-electron chi connectivity index (χ3n) is 1.37. The maximum Gasteiger partial charge on any atom is 0.308 e. The molecule has 4 heteroatoms. The quantitative estimate of drug-likeness (QED) is 0.619. The highest BCUT2D eigenvalue weighted by Gasteiger charge is 2.28. The van der Waals surface area contributed by atoms with Gasteiger partial charge in [-0.25, -0.2) is 0 Å². The Hall–Kier alpha value is -0.610. The molecule has 4 nitrogen and oxygen atoms in total. The predicted octanol–water partition coefficient (Wildman–Crippen LogP) is 1.25. The minimum absolute atomic E-state index is 0.130. The molecule has 0 saturated carbocycles. The molecule has 0 heterocycles. The van der Waals surface area contributed by atoms with E-state index in [2.05, 4.69) is 0 Å². The van der Waals surface area contributed by atoms with E-state index in [1.54, 1.807) is 20.8 Å². The van der Waals surface area contributed by atoms with Gasteiger partial charge >= 0.3 is 5.97 Å². The number of aliphatic carboxylic acids is 1. The lowest BCUT2D eigenvalue weighted by atomic mass is 10.2. The van der Waals surface area contributed by atoms with Crippen molar-refractivity contribution < 1.29 is 19.4 Å². The summed E-state index contributed by atoms with van der Waals surface area (Å²) in [5.74, 6) is -1.89. The molecule has 0 aromatic carbocycles. The zero-order valence-electron chi connectivity index (χ0n) is 7.79. The molecule has 0 unspecified atom stereocenters. The first-order chi connectivity index (χ1) is 5.54. The van der Waals surface area contributed by atoms with Crippen LogP contribution in [-0.4, -0.2) is 30.1 Å². The van der Waals surface area contributed by atoms with Gasteiger partial charge in [-0.3, -0.25) is 4.79 Å². The number of carboxylic acid groups (broad SMARTS) is 1. The molecule has 0 aromatic heterocycles. The highest BCUT2D eigenvalue weighted by Crippen LogP contribution is 2.16. The van der Waals surface area contributed by atoms with Crippen molar-refractivity contribution in [2.24, 2.45) is 0 Å². The van der Waals surface area contributed by atoms with Gasteiger partial charge in [-0.15, -0.1) is 0 Å². The molecule has 0 bridgehead atoms. The van der Waals surface area contributed by atoms with E-state index in [1.807, 2.05) is 0 Å². The first-order valence-corrected chi connectivity index (χ1v) is 4.03. The van der Waals surface area contributed by atoms with E-state index in [0.29, 0.717) is 13.2 Å². The van der Waals surface area contributed by atoms with Gasteiger partial charge in [-0.05, 0) is 20.8 Å². The van der Waals surface area contributed by atoms with Crippen LogP contribution in [0.5, 0.6) is 0 Å². The number of carbonyl (C=O) groups is 1. The molecule has 0 amide bonds. The molecule has 0 aliphatic carbocycles. The zero-order valence-corrected chi connectivity index (χ0v) is 7.79. The van der Waals surface area contributed by atoms with Crippen LogP contribution in [-0.2, 0) is 14.3 Å². The molecule has 0 atom stereocenters. The van der Waals surface area contributed by atoms with Gasteiger partial charge in [0.25, 0.3) is 0 Å². The second-order valence-corrected chi connectivity index (χ2v) is 2.57. The van der Waals surface area contributed by atoms with Crippen molar-refractivity contribution in [3.63, 3.8) is 0 Å². The number of hydrogen-bond donors (Lipinski definition) is 1. The number of carboxylic acids is 1. The Morgan fingerprint density at radius 2 is 1.75 bits per heavy atom. The molecule has 72 valence electrons. The zero-order chi connectivity index (χ0) is 9.61. The molecule has 0 aromatic rings. The lowest BCUT2D eigenvalue weighted by Gasteiger charge is -2.27. The highest BCUT2D eigenvalue weighted by molar-refractivity contribution is 5.67. The summed E-state index contributed by atoms with van der Waals surface area (Å²) in [7, 11) is 0. The Bertz CT molecular complexity index is 138. The smallest absolute Gasteiger partial charge is 0.308 e. The van der Waals surface area contributed by atoms with Crippen molar-refractivity contribution in [2.45, 2.75) is 33.0 Å². The van der Waals surface area contributed by atoms with Crippen LogP contribution < -0.4 is 0 Å². The molecule has 0 spiro atoms. The topological polar surface area (TPSA) is 55.8 Å². The monoisotopic (exact) mass is 176 g/mol. The second-order valence-electron chi connectivity index (χ2n) is 2.57. The summed E-state index contributed by atoms with van der Waals surface area (Å²) in [5.41, 5.74) is 0. The Kier molecular flexibility index (Phi) is 4.85. The number of hydrogen-bond acceptors (Lipinski definition) is 3. The first kappa shape index (κ1) is 11.4. The van der Waals surface area contributed by atoms with Crippen molar-refractivity contribution in [2.75, 3.05) is 13.2 Å². The number of rotatable bonds is 6. The van der Waals surface area contributed by atoms with Crippen LogP contribution in [0.4, 0.5) is 0 Å². The third-order valence-corrected chi connectivity index (χ3v) is 1.37. The van der Waals surface area contributed by atoms with Crippen LogP contribution in [0.25, 0.3) is 0 Å². The molecular weight excluding hydrogens is 160 g/mol. The average molecular weight is 176 g/mol. The van der Waals surface area contributed by atoms with Crippen LogP contribution in [0.15, 0.2) is 0 Å². The average Bonchev–Trinajstić information content (AvgIpc) is 1.85. The summed E-state index contributed by atoms with van der Waals surface area (Å²) < 4.78 is 10.4. The van der Waals surface area contributed by atoms with Crippen molar-refractivity contribution in [1.29, 1.82) is 0 Å². The maximum atomic E-state index is 10.4. The fourth-order valence-corrected chi connectivity index (χ4v) is 1.03. The fraction of sp³-hybridized carbons (Fsp3) is 0.875. The Labute approximate surface area is 72.5 Å². The molecule has 0 aliphatic rings. The van der Waals surface area contributed by atoms with Crippen LogP contribution in [0.3, 0.4) is 0 Å². The van der Waals surface area contributed by atoms with E-state index >= 15 is 0 Å². The normalized spacial score (nSPS) is 11.6. The molecule has 0 saturated heterocycles. The van der Waals surface area contributed by atoms with E-state index in [9.17, 15) is 4.79 Å². The Morgan fingerprint density at radius 1 is 1.33 bits per heavy atom. The minimum atomic E-state index is -0.977.